The first kappa shape index (κ1) is 47.8. The first-order valence-corrected chi connectivity index (χ1v) is 21.2. The second-order valence-corrected chi connectivity index (χ2v) is 14.5. The van der Waals surface area contributed by atoms with Gasteiger partial charge in [0, 0.05) is 12.2 Å². The van der Waals surface area contributed by atoms with Crippen LogP contribution in [0.5, 0.6) is 0 Å². The number of hydrogen-bond acceptors (Lipinski definition) is 6. The first-order chi connectivity index (χ1) is 24.4. The maximum atomic E-state index is 11.3. The molecule has 50 heavy (non-hydrogen) atoms. The van der Waals surface area contributed by atoms with Gasteiger partial charge in [-0.25, -0.2) is 9.59 Å². The lowest BCUT2D eigenvalue weighted by molar-refractivity contribution is -0.154. The molecule has 0 spiro atoms. The van der Waals surface area contributed by atoms with Gasteiger partial charge in [0.2, 0.25) is 0 Å². The van der Waals surface area contributed by atoms with Gasteiger partial charge in [-0.2, -0.15) is 0 Å². The van der Waals surface area contributed by atoms with Crippen LogP contribution in [0.2, 0.25) is 0 Å². The van der Waals surface area contributed by atoms with E-state index in [1.54, 1.807) is 0 Å². The fourth-order valence-electron chi connectivity index (χ4n) is 6.47. The summed E-state index contributed by atoms with van der Waals surface area (Å²) >= 11 is 0. The van der Waals surface area contributed by atoms with Crippen LogP contribution in [0.1, 0.15) is 226 Å². The van der Waals surface area contributed by atoms with Gasteiger partial charge in [-0.3, -0.25) is 9.59 Å². The Morgan fingerprint density at radius 3 is 1.08 bits per heavy atom. The monoisotopic (exact) mass is 703 g/mol. The summed E-state index contributed by atoms with van der Waals surface area (Å²) in [6.45, 7) is 8.32. The van der Waals surface area contributed by atoms with Crippen LogP contribution in [0, 0.1) is 5.92 Å². The van der Waals surface area contributed by atoms with Gasteiger partial charge < -0.3 is 9.47 Å². The van der Waals surface area contributed by atoms with Gasteiger partial charge in [-0.15, -0.1) is 6.58 Å². The Bertz CT molecular complexity index is 847. The van der Waals surface area contributed by atoms with Gasteiger partial charge in [0.1, 0.15) is 0 Å². The van der Waals surface area contributed by atoms with Crippen molar-refractivity contribution in [3.63, 3.8) is 0 Å². The number of hydrogen-bond donors (Lipinski definition) is 0. The van der Waals surface area contributed by atoms with Gasteiger partial charge in [0.25, 0.3) is 0 Å². The highest BCUT2D eigenvalue weighted by atomic mass is 16.6. The molecule has 0 radical (unpaired) electrons. The summed E-state index contributed by atoms with van der Waals surface area (Å²) < 4.78 is 8.55. The molecule has 0 N–H and O–H groups in total. The molecule has 0 bridgehead atoms. The van der Waals surface area contributed by atoms with E-state index in [9.17, 15) is 19.2 Å². The SMILES string of the molecule is C=CCCCCCCCCCCCCCCCC.CCCCCCCCCCCCCCCCCCC1CC(=O)OC1=O.O=C1C=CC(=O)O1. The third kappa shape index (κ3) is 34.2. The lowest BCUT2D eigenvalue weighted by atomic mass is 9.98. The number of esters is 4. The fourth-order valence-corrected chi connectivity index (χ4v) is 6.47. The van der Waals surface area contributed by atoms with Gasteiger partial charge in [0.05, 0.1) is 12.3 Å². The Hall–Kier alpha value is -2.24. The zero-order valence-corrected chi connectivity index (χ0v) is 32.8. The molecule has 0 aromatic carbocycles. The third-order valence-corrected chi connectivity index (χ3v) is 9.69. The third-order valence-electron chi connectivity index (χ3n) is 9.69. The minimum atomic E-state index is -0.579. The average Bonchev–Trinajstić information content (AvgIpc) is 3.65. The van der Waals surface area contributed by atoms with E-state index in [1.807, 2.05) is 6.08 Å². The molecule has 6 nitrogen and oxygen atoms in total. The van der Waals surface area contributed by atoms with Crippen molar-refractivity contribution in [1.82, 2.24) is 0 Å². The number of rotatable bonds is 32. The second-order valence-electron chi connectivity index (χ2n) is 14.5. The van der Waals surface area contributed by atoms with E-state index in [1.165, 1.54) is 193 Å². The number of allylic oxidation sites excluding steroid dienone is 1. The largest absolute Gasteiger partial charge is 0.393 e. The van der Waals surface area contributed by atoms with Crippen LogP contribution in [0.15, 0.2) is 24.8 Å². The number of carbonyl (C=O) groups excluding carboxylic acids is 4. The molecule has 0 aromatic heterocycles. The molecule has 2 heterocycles. The zero-order chi connectivity index (χ0) is 36.8. The van der Waals surface area contributed by atoms with Crippen molar-refractivity contribution in [2.75, 3.05) is 0 Å². The first-order valence-electron chi connectivity index (χ1n) is 21.2. The molecule has 290 valence electrons. The quantitative estimate of drug-likeness (QED) is 0.0300. The van der Waals surface area contributed by atoms with Crippen molar-refractivity contribution in [3.8, 4) is 0 Å². The minimum Gasteiger partial charge on any atom is -0.393 e. The van der Waals surface area contributed by atoms with Crippen LogP contribution in [0.4, 0.5) is 0 Å². The van der Waals surface area contributed by atoms with Crippen LogP contribution in [-0.4, -0.2) is 23.9 Å². The van der Waals surface area contributed by atoms with Gasteiger partial charge in [-0.05, 0) is 19.3 Å². The lowest BCUT2D eigenvalue weighted by Crippen LogP contribution is -2.06. The highest BCUT2D eigenvalue weighted by Gasteiger charge is 2.32. The molecule has 0 aliphatic carbocycles. The second kappa shape index (κ2) is 38.0. The Morgan fingerprint density at radius 1 is 0.500 bits per heavy atom. The summed E-state index contributed by atoms with van der Waals surface area (Å²) in [5.41, 5.74) is 0. The van der Waals surface area contributed by atoms with Crippen molar-refractivity contribution in [3.05, 3.63) is 24.8 Å². The molecule has 0 saturated carbocycles. The molecular formula is C44H78O6. The molecule has 2 aliphatic rings. The Kier molecular flexibility index (Phi) is 36.3. The summed E-state index contributed by atoms with van der Waals surface area (Å²) in [6, 6.07) is 0. The average molecular weight is 703 g/mol. The minimum absolute atomic E-state index is 0.154. The van der Waals surface area contributed by atoms with Gasteiger partial charge in [0.15, 0.2) is 0 Å². The number of ether oxygens (including phenoxy) is 2. The highest BCUT2D eigenvalue weighted by molar-refractivity contribution is 6.04. The maximum Gasteiger partial charge on any atom is 0.338 e. The molecule has 2 rings (SSSR count). The van der Waals surface area contributed by atoms with Gasteiger partial charge >= 0.3 is 23.9 Å². The van der Waals surface area contributed by atoms with E-state index < -0.39 is 11.9 Å². The molecule has 1 fully saturated rings. The summed E-state index contributed by atoms with van der Waals surface area (Å²) in [7, 11) is 0. The van der Waals surface area contributed by atoms with Crippen molar-refractivity contribution in [2.45, 2.75) is 226 Å². The van der Waals surface area contributed by atoms with Crippen LogP contribution >= 0.6 is 0 Å². The molecule has 1 saturated heterocycles. The Balaban J connectivity index is 0.000000830. The van der Waals surface area contributed by atoms with Crippen molar-refractivity contribution in [1.29, 1.82) is 0 Å². The fraction of sp³-hybridized carbons (Fsp3) is 0.818. The standard InChI is InChI=1S/C22H40O3.C18H36.C4H2O3/c1-2-3-4-5-6-7-8-9-10-11-12-13-14-15-16-17-18-20-19-21(23)25-22(20)24;1-3-5-7-9-11-13-15-17-18-16-14-12-10-8-6-4-2;5-3-1-2-4(6)7-3/h20H,2-19H2,1H3;3H,1,4-18H2,2H3;1-2H. The number of cyclic esters (lactones) is 4. The molecule has 1 atom stereocenters. The van der Waals surface area contributed by atoms with Crippen LogP contribution in [0.3, 0.4) is 0 Å². The number of unbranched alkanes of at least 4 members (excludes halogenated alkanes) is 29. The Morgan fingerprint density at radius 2 is 0.820 bits per heavy atom. The zero-order valence-electron chi connectivity index (χ0n) is 32.8. The molecule has 2 aliphatic heterocycles. The predicted molar refractivity (Wildman–Crippen MR) is 209 cm³/mol. The number of carbonyl (C=O) groups is 4. The summed E-state index contributed by atoms with van der Waals surface area (Å²) in [5.74, 6) is -1.95. The van der Waals surface area contributed by atoms with E-state index in [2.05, 4.69) is 29.9 Å². The topological polar surface area (TPSA) is 86.7 Å². The van der Waals surface area contributed by atoms with E-state index in [0.717, 1.165) is 25.0 Å². The molecular weight excluding hydrogens is 624 g/mol. The van der Waals surface area contributed by atoms with E-state index >= 15 is 0 Å². The summed E-state index contributed by atoms with van der Waals surface area (Å²) in [6.07, 6.45) is 48.4. The van der Waals surface area contributed by atoms with Crippen LogP contribution < -0.4 is 0 Å². The highest BCUT2D eigenvalue weighted by Crippen LogP contribution is 2.23. The molecule has 0 aromatic rings. The molecule has 0 amide bonds. The van der Waals surface area contributed by atoms with E-state index in [4.69, 9.17) is 0 Å². The van der Waals surface area contributed by atoms with E-state index in [-0.39, 0.29) is 17.9 Å². The van der Waals surface area contributed by atoms with Crippen molar-refractivity contribution < 1.29 is 28.7 Å². The maximum absolute atomic E-state index is 11.3. The van der Waals surface area contributed by atoms with Crippen LogP contribution in [-0.2, 0) is 28.7 Å². The van der Waals surface area contributed by atoms with Crippen LogP contribution in [0.25, 0.3) is 0 Å². The Labute approximate surface area is 308 Å². The smallest absolute Gasteiger partial charge is 0.338 e. The van der Waals surface area contributed by atoms with Gasteiger partial charge in [-0.1, -0.05) is 206 Å². The summed E-state index contributed by atoms with van der Waals surface area (Å²) in [5, 5.41) is 0. The predicted octanol–water partition coefficient (Wildman–Crippen LogP) is 13.4. The molecule has 6 heteroatoms. The van der Waals surface area contributed by atoms with Crippen molar-refractivity contribution >= 4 is 23.9 Å². The molecule has 1 unspecified atom stereocenters. The lowest BCUT2D eigenvalue weighted by Gasteiger charge is -2.05. The van der Waals surface area contributed by atoms with Crippen molar-refractivity contribution in [2.24, 2.45) is 5.92 Å². The summed E-state index contributed by atoms with van der Waals surface area (Å²) in [4.78, 5) is 42.2. The normalized spacial score (nSPS) is 15.0. The van der Waals surface area contributed by atoms with E-state index in [0.29, 0.717) is 6.42 Å².